The van der Waals surface area contributed by atoms with Gasteiger partial charge in [0.05, 0.1) is 12.8 Å². The number of benzene rings is 2. The summed E-state index contributed by atoms with van der Waals surface area (Å²) in [5.41, 5.74) is 1.49. The molecule has 1 N–H and O–H groups in total. The number of halogens is 1. The first-order valence-corrected chi connectivity index (χ1v) is 8.46. The summed E-state index contributed by atoms with van der Waals surface area (Å²) in [5, 5.41) is 6.77. The second-order valence-corrected chi connectivity index (χ2v) is 6.18. The van der Waals surface area contributed by atoms with E-state index in [1.165, 1.54) is 0 Å². The van der Waals surface area contributed by atoms with Crippen LogP contribution in [0.1, 0.15) is 12.3 Å². The highest BCUT2D eigenvalue weighted by Gasteiger charge is 2.12. The summed E-state index contributed by atoms with van der Waals surface area (Å²) in [6, 6.07) is 14.9. The first-order valence-electron chi connectivity index (χ1n) is 7.67. The number of hydrogen-bond acceptors (Lipinski definition) is 5. The molecule has 1 aromatic heterocycles. The number of hydrogen-bond donors (Lipinski definition) is 1. The van der Waals surface area contributed by atoms with E-state index in [1.54, 1.807) is 19.2 Å². The maximum Gasteiger partial charge on any atom is 0.227 e. The van der Waals surface area contributed by atoms with Gasteiger partial charge in [0.25, 0.3) is 0 Å². The average molecular weight is 402 g/mol. The van der Waals surface area contributed by atoms with Crippen LogP contribution in [0.3, 0.4) is 0 Å². The van der Waals surface area contributed by atoms with Crippen LogP contribution in [0.25, 0.3) is 11.4 Å². The standard InChI is InChI=1S/C18H16BrN3O3/c1-24-15-5-3-2-4-14(15)20-16(23)10-11-17-21-18(22-25-17)12-6-8-13(19)9-7-12/h2-9H,10-11H2,1H3,(H,20,23). The molecule has 2 aromatic carbocycles. The maximum absolute atomic E-state index is 12.1. The Bertz CT molecular complexity index is 862. The Kier molecular flexibility index (Phi) is 5.45. The fraction of sp³-hybridized carbons (Fsp3) is 0.167. The molecule has 0 saturated heterocycles. The lowest BCUT2D eigenvalue weighted by Crippen LogP contribution is -2.13. The van der Waals surface area contributed by atoms with Crippen LogP contribution in [-0.2, 0) is 11.2 Å². The smallest absolute Gasteiger partial charge is 0.227 e. The van der Waals surface area contributed by atoms with Gasteiger partial charge in [0.1, 0.15) is 5.75 Å². The fourth-order valence-corrected chi connectivity index (χ4v) is 2.52. The van der Waals surface area contributed by atoms with Crippen molar-refractivity contribution in [3.8, 4) is 17.1 Å². The molecule has 3 aromatic rings. The monoisotopic (exact) mass is 401 g/mol. The largest absolute Gasteiger partial charge is 0.495 e. The third-order valence-electron chi connectivity index (χ3n) is 3.52. The molecule has 0 radical (unpaired) electrons. The number of ether oxygens (including phenoxy) is 1. The molecular weight excluding hydrogens is 386 g/mol. The van der Waals surface area contributed by atoms with Crippen molar-refractivity contribution in [2.24, 2.45) is 0 Å². The number of amides is 1. The van der Waals surface area contributed by atoms with Gasteiger partial charge in [-0.1, -0.05) is 33.2 Å². The van der Waals surface area contributed by atoms with Gasteiger partial charge < -0.3 is 14.6 Å². The number of aromatic nitrogens is 2. The molecule has 0 spiro atoms. The van der Waals surface area contributed by atoms with Crippen LogP contribution in [-0.4, -0.2) is 23.2 Å². The van der Waals surface area contributed by atoms with E-state index in [1.807, 2.05) is 36.4 Å². The van der Waals surface area contributed by atoms with Crippen LogP contribution in [0.15, 0.2) is 57.5 Å². The molecule has 3 rings (SSSR count). The van der Waals surface area contributed by atoms with E-state index < -0.39 is 0 Å². The third-order valence-corrected chi connectivity index (χ3v) is 4.05. The molecule has 0 aliphatic carbocycles. The number of carbonyl (C=O) groups excluding carboxylic acids is 1. The van der Waals surface area contributed by atoms with Gasteiger partial charge in [-0.3, -0.25) is 4.79 Å². The van der Waals surface area contributed by atoms with Gasteiger partial charge in [-0.05, 0) is 36.4 Å². The number of methoxy groups -OCH3 is 1. The molecule has 25 heavy (non-hydrogen) atoms. The molecule has 128 valence electrons. The molecule has 0 atom stereocenters. The Morgan fingerprint density at radius 1 is 1.20 bits per heavy atom. The van der Waals surface area contributed by atoms with E-state index in [4.69, 9.17) is 9.26 Å². The van der Waals surface area contributed by atoms with Gasteiger partial charge in [0.15, 0.2) is 0 Å². The maximum atomic E-state index is 12.1. The normalized spacial score (nSPS) is 10.5. The number of carbonyl (C=O) groups is 1. The van der Waals surface area contributed by atoms with Crippen molar-refractivity contribution in [3.05, 3.63) is 58.9 Å². The van der Waals surface area contributed by atoms with Gasteiger partial charge in [-0.15, -0.1) is 0 Å². The summed E-state index contributed by atoms with van der Waals surface area (Å²) in [5.74, 6) is 1.40. The molecule has 1 heterocycles. The number of aryl methyl sites for hydroxylation is 1. The lowest BCUT2D eigenvalue weighted by molar-refractivity contribution is -0.116. The first-order chi connectivity index (χ1) is 12.2. The number of rotatable bonds is 6. The van der Waals surface area contributed by atoms with E-state index >= 15 is 0 Å². The van der Waals surface area contributed by atoms with Gasteiger partial charge >= 0.3 is 0 Å². The van der Waals surface area contributed by atoms with E-state index in [9.17, 15) is 4.79 Å². The minimum absolute atomic E-state index is 0.145. The van der Waals surface area contributed by atoms with E-state index in [0.29, 0.717) is 29.6 Å². The molecule has 0 saturated carbocycles. The van der Waals surface area contributed by atoms with Crippen LogP contribution >= 0.6 is 15.9 Å². The van der Waals surface area contributed by atoms with Gasteiger partial charge in [-0.25, -0.2) is 0 Å². The van der Waals surface area contributed by atoms with Crippen LogP contribution in [0.4, 0.5) is 5.69 Å². The number of anilines is 1. The zero-order valence-electron chi connectivity index (χ0n) is 13.5. The summed E-state index contributed by atoms with van der Waals surface area (Å²) in [4.78, 5) is 16.4. The number of nitrogens with zero attached hydrogens (tertiary/aromatic N) is 2. The second kappa shape index (κ2) is 7.94. The molecule has 0 aliphatic rings. The Morgan fingerprint density at radius 2 is 1.96 bits per heavy atom. The van der Waals surface area contributed by atoms with Crippen molar-refractivity contribution in [2.45, 2.75) is 12.8 Å². The van der Waals surface area contributed by atoms with Crippen molar-refractivity contribution in [3.63, 3.8) is 0 Å². The quantitative estimate of drug-likeness (QED) is 0.673. The highest BCUT2D eigenvalue weighted by molar-refractivity contribution is 9.10. The van der Waals surface area contributed by atoms with E-state index in [2.05, 4.69) is 31.4 Å². The predicted molar refractivity (Wildman–Crippen MR) is 97.4 cm³/mol. The van der Waals surface area contributed by atoms with Crippen LogP contribution in [0, 0.1) is 0 Å². The van der Waals surface area contributed by atoms with Gasteiger partial charge in [-0.2, -0.15) is 4.98 Å². The van der Waals surface area contributed by atoms with E-state index in [-0.39, 0.29) is 12.3 Å². The first kappa shape index (κ1) is 17.2. The number of para-hydroxylation sites is 2. The zero-order valence-corrected chi connectivity index (χ0v) is 15.1. The lowest BCUT2D eigenvalue weighted by atomic mass is 10.2. The molecule has 0 unspecified atom stereocenters. The summed E-state index contributed by atoms with van der Waals surface area (Å²) >= 11 is 3.38. The molecule has 0 fully saturated rings. The Labute approximate surface area is 153 Å². The van der Waals surface area contributed by atoms with Crippen molar-refractivity contribution >= 4 is 27.5 Å². The lowest BCUT2D eigenvalue weighted by Gasteiger charge is -2.08. The third kappa shape index (κ3) is 4.45. The Balaban J connectivity index is 1.58. The summed E-state index contributed by atoms with van der Waals surface area (Å²) in [7, 11) is 1.56. The topological polar surface area (TPSA) is 77.2 Å². The van der Waals surface area contributed by atoms with Crippen LogP contribution in [0.5, 0.6) is 5.75 Å². The molecule has 0 bridgehead atoms. The minimum atomic E-state index is -0.145. The van der Waals surface area contributed by atoms with Crippen molar-refractivity contribution in [1.29, 1.82) is 0 Å². The molecular formula is C18H16BrN3O3. The minimum Gasteiger partial charge on any atom is -0.495 e. The van der Waals surface area contributed by atoms with Crippen LogP contribution < -0.4 is 10.1 Å². The van der Waals surface area contributed by atoms with Gasteiger partial charge in [0.2, 0.25) is 17.6 Å². The SMILES string of the molecule is COc1ccccc1NC(=O)CCc1nc(-c2ccc(Br)cc2)no1. The number of nitrogens with one attached hydrogen (secondary N) is 1. The second-order valence-electron chi connectivity index (χ2n) is 5.27. The van der Waals surface area contributed by atoms with Crippen molar-refractivity contribution < 1.29 is 14.1 Å². The predicted octanol–water partition coefficient (Wildman–Crippen LogP) is 4.08. The fourth-order valence-electron chi connectivity index (χ4n) is 2.25. The van der Waals surface area contributed by atoms with Crippen molar-refractivity contribution in [2.75, 3.05) is 12.4 Å². The summed E-state index contributed by atoms with van der Waals surface area (Å²) in [6.45, 7) is 0. The molecule has 6 nitrogen and oxygen atoms in total. The molecule has 7 heteroatoms. The highest BCUT2D eigenvalue weighted by atomic mass is 79.9. The van der Waals surface area contributed by atoms with E-state index in [0.717, 1.165) is 10.0 Å². The highest BCUT2D eigenvalue weighted by Crippen LogP contribution is 2.23. The van der Waals surface area contributed by atoms with Crippen molar-refractivity contribution in [1.82, 2.24) is 10.1 Å². The Morgan fingerprint density at radius 3 is 2.72 bits per heavy atom. The van der Waals surface area contributed by atoms with Crippen LogP contribution in [0.2, 0.25) is 0 Å². The summed E-state index contributed by atoms with van der Waals surface area (Å²) < 4.78 is 11.4. The summed E-state index contributed by atoms with van der Waals surface area (Å²) in [6.07, 6.45) is 0.602. The zero-order chi connectivity index (χ0) is 17.6. The van der Waals surface area contributed by atoms with Gasteiger partial charge in [0, 0.05) is 22.9 Å². The molecule has 1 amide bonds. The molecule has 0 aliphatic heterocycles. The average Bonchev–Trinajstić information content (AvgIpc) is 3.10. The Hall–Kier alpha value is -2.67.